The van der Waals surface area contributed by atoms with Crippen LogP contribution in [0, 0.1) is 11.3 Å². The monoisotopic (exact) mass is 231 g/mol. The fraction of sp³-hybridized carbons (Fsp3) is 0.385. The zero-order valence-corrected chi connectivity index (χ0v) is 9.55. The molecule has 1 aromatic carbocycles. The Bertz CT molecular complexity index is 464. The summed E-state index contributed by atoms with van der Waals surface area (Å²) in [5.74, 6) is -0.203. The molecular formula is C13H13NO3. The van der Waals surface area contributed by atoms with Gasteiger partial charge in [0.1, 0.15) is 6.10 Å². The Morgan fingerprint density at radius 2 is 2.18 bits per heavy atom. The third-order valence-electron chi connectivity index (χ3n) is 2.82. The summed E-state index contributed by atoms with van der Waals surface area (Å²) in [6.45, 7) is 2.01. The zero-order valence-electron chi connectivity index (χ0n) is 9.55. The van der Waals surface area contributed by atoms with Crippen molar-refractivity contribution in [2.75, 3.05) is 6.61 Å². The van der Waals surface area contributed by atoms with Crippen LogP contribution in [0.3, 0.4) is 0 Å². The van der Waals surface area contributed by atoms with Crippen molar-refractivity contribution in [1.29, 1.82) is 5.26 Å². The van der Waals surface area contributed by atoms with E-state index in [-0.39, 0.29) is 18.6 Å². The van der Waals surface area contributed by atoms with Crippen molar-refractivity contribution in [3.63, 3.8) is 0 Å². The number of fused-ring (bicyclic) bond motifs is 1. The number of hydrogen-bond donors (Lipinski definition) is 0. The van der Waals surface area contributed by atoms with Gasteiger partial charge >= 0.3 is 6.16 Å². The molecule has 0 bridgehead atoms. The molecule has 2 rings (SSSR count). The highest BCUT2D eigenvalue weighted by molar-refractivity contribution is 5.61. The SMILES string of the molecule is CCOC(=O)OC1CC(C#N)c2ccccc21. The molecule has 4 heteroatoms. The van der Waals surface area contributed by atoms with E-state index >= 15 is 0 Å². The van der Waals surface area contributed by atoms with Gasteiger partial charge in [-0.2, -0.15) is 5.26 Å². The van der Waals surface area contributed by atoms with E-state index in [0.29, 0.717) is 6.42 Å². The number of ether oxygens (including phenoxy) is 2. The summed E-state index contributed by atoms with van der Waals surface area (Å²) >= 11 is 0. The summed E-state index contributed by atoms with van der Waals surface area (Å²) in [5, 5.41) is 9.05. The van der Waals surface area contributed by atoms with Crippen LogP contribution in [0.25, 0.3) is 0 Å². The average molecular weight is 231 g/mol. The largest absolute Gasteiger partial charge is 0.508 e. The van der Waals surface area contributed by atoms with Gasteiger partial charge in [-0.25, -0.2) is 4.79 Å². The van der Waals surface area contributed by atoms with E-state index in [4.69, 9.17) is 14.7 Å². The van der Waals surface area contributed by atoms with E-state index < -0.39 is 6.16 Å². The fourth-order valence-corrected chi connectivity index (χ4v) is 2.09. The van der Waals surface area contributed by atoms with Gasteiger partial charge in [0.15, 0.2) is 0 Å². The van der Waals surface area contributed by atoms with Gasteiger partial charge in [0, 0.05) is 6.42 Å². The van der Waals surface area contributed by atoms with Crippen LogP contribution in [-0.2, 0) is 9.47 Å². The number of hydrogen-bond acceptors (Lipinski definition) is 4. The zero-order chi connectivity index (χ0) is 12.3. The number of nitrogens with zero attached hydrogens (tertiary/aromatic N) is 1. The lowest BCUT2D eigenvalue weighted by Crippen LogP contribution is -2.11. The van der Waals surface area contributed by atoms with Crippen LogP contribution in [0.15, 0.2) is 24.3 Å². The van der Waals surface area contributed by atoms with Gasteiger partial charge in [-0.05, 0) is 18.1 Å². The predicted octanol–water partition coefficient (Wildman–Crippen LogP) is 2.91. The van der Waals surface area contributed by atoms with Crippen LogP contribution in [-0.4, -0.2) is 12.8 Å². The molecular weight excluding hydrogens is 218 g/mol. The second kappa shape index (κ2) is 4.88. The van der Waals surface area contributed by atoms with Crippen molar-refractivity contribution in [1.82, 2.24) is 0 Å². The first-order chi connectivity index (χ1) is 8.26. The first kappa shape index (κ1) is 11.5. The summed E-state index contributed by atoms with van der Waals surface area (Å²) in [7, 11) is 0. The van der Waals surface area contributed by atoms with Crippen molar-refractivity contribution >= 4 is 6.16 Å². The normalized spacial score (nSPS) is 21.4. The van der Waals surface area contributed by atoms with Gasteiger partial charge in [0.2, 0.25) is 0 Å². The van der Waals surface area contributed by atoms with Crippen LogP contribution < -0.4 is 0 Å². The van der Waals surface area contributed by atoms with Gasteiger partial charge in [0.25, 0.3) is 0 Å². The second-order valence-electron chi connectivity index (χ2n) is 3.84. The molecule has 0 fully saturated rings. The lowest BCUT2D eigenvalue weighted by molar-refractivity contribution is 0.0256. The molecule has 0 spiro atoms. The summed E-state index contributed by atoms with van der Waals surface area (Å²) < 4.78 is 9.94. The number of rotatable bonds is 2. The van der Waals surface area contributed by atoms with Crippen molar-refractivity contribution in [3.8, 4) is 6.07 Å². The minimum Gasteiger partial charge on any atom is -0.435 e. The smallest absolute Gasteiger partial charge is 0.435 e. The third-order valence-corrected chi connectivity index (χ3v) is 2.82. The molecule has 1 aliphatic rings. The van der Waals surface area contributed by atoms with Gasteiger partial charge < -0.3 is 9.47 Å². The van der Waals surface area contributed by atoms with Crippen molar-refractivity contribution in [2.45, 2.75) is 25.4 Å². The molecule has 0 aromatic heterocycles. The highest BCUT2D eigenvalue weighted by Crippen LogP contribution is 2.41. The van der Waals surface area contributed by atoms with Gasteiger partial charge in [-0.3, -0.25) is 0 Å². The van der Waals surface area contributed by atoms with Gasteiger partial charge in [-0.15, -0.1) is 0 Å². The molecule has 0 amide bonds. The molecule has 4 nitrogen and oxygen atoms in total. The second-order valence-corrected chi connectivity index (χ2v) is 3.84. The first-order valence-corrected chi connectivity index (χ1v) is 5.58. The number of benzene rings is 1. The topological polar surface area (TPSA) is 59.3 Å². The maximum atomic E-state index is 11.3. The van der Waals surface area contributed by atoms with E-state index in [1.54, 1.807) is 6.92 Å². The van der Waals surface area contributed by atoms with Crippen LogP contribution in [0.5, 0.6) is 0 Å². The quantitative estimate of drug-likeness (QED) is 0.734. The Labute approximate surface area is 99.8 Å². The molecule has 2 unspecified atom stereocenters. The molecule has 88 valence electrons. The van der Waals surface area contributed by atoms with Crippen molar-refractivity contribution in [3.05, 3.63) is 35.4 Å². The lowest BCUT2D eigenvalue weighted by Gasteiger charge is -2.12. The minimum absolute atomic E-state index is 0.203. The Morgan fingerprint density at radius 1 is 1.47 bits per heavy atom. The highest BCUT2D eigenvalue weighted by atomic mass is 16.7. The van der Waals surface area contributed by atoms with Crippen LogP contribution >= 0.6 is 0 Å². The molecule has 2 atom stereocenters. The summed E-state index contributed by atoms with van der Waals surface area (Å²) in [5.41, 5.74) is 1.86. The van der Waals surface area contributed by atoms with Gasteiger partial charge in [0.05, 0.1) is 18.6 Å². The molecule has 0 saturated heterocycles. The Hall–Kier alpha value is -2.02. The Kier molecular flexibility index (Phi) is 3.29. The van der Waals surface area contributed by atoms with Crippen LogP contribution in [0.4, 0.5) is 4.79 Å². The van der Waals surface area contributed by atoms with Crippen molar-refractivity contribution in [2.24, 2.45) is 0 Å². The molecule has 0 radical (unpaired) electrons. The molecule has 17 heavy (non-hydrogen) atoms. The van der Waals surface area contributed by atoms with E-state index in [2.05, 4.69) is 6.07 Å². The average Bonchev–Trinajstić information content (AvgIpc) is 2.68. The minimum atomic E-state index is -0.675. The Morgan fingerprint density at radius 3 is 2.82 bits per heavy atom. The van der Waals surface area contributed by atoms with E-state index in [0.717, 1.165) is 11.1 Å². The van der Waals surface area contributed by atoms with Crippen LogP contribution in [0.1, 0.15) is 36.5 Å². The molecule has 0 N–H and O–H groups in total. The summed E-state index contributed by atoms with van der Waals surface area (Å²) in [6.07, 6.45) is -0.532. The maximum absolute atomic E-state index is 11.3. The van der Waals surface area contributed by atoms with E-state index in [9.17, 15) is 4.79 Å². The molecule has 0 heterocycles. The highest BCUT2D eigenvalue weighted by Gasteiger charge is 2.33. The number of carbonyl (C=O) groups is 1. The number of nitriles is 1. The first-order valence-electron chi connectivity index (χ1n) is 5.58. The lowest BCUT2D eigenvalue weighted by atomic mass is 10.0. The third kappa shape index (κ3) is 2.23. The maximum Gasteiger partial charge on any atom is 0.508 e. The predicted molar refractivity (Wildman–Crippen MR) is 60.3 cm³/mol. The summed E-state index contributed by atoms with van der Waals surface area (Å²) in [6, 6.07) is 9.77. The standard InChI is InChI=1S/C13H13NO3/c1-2-16-13(15)17-12-7-9(8-14)10-5-3-4-6-11(10)12/h3-6,9,12H,2,7H2,1H3. The molecule has 1 aromatic rings. The van der Waals surface area contributed by atoms with E-state index in [1.165, 1.54) is 0 Å². The molecule has 0 saturated carbocycles. The van der Waals surface area contributed by atoms with Crippen molar-refractivity contribution < 1.29 is 14.3 Å². The summed E-state index contributed by atoms with van der Waals surface area (Å²) in [4.78, 5) is 11.3. The Balaban J connectivity index is 2.17. The number of carbonyl (C=O) groups excluding carboxylic acids is 1. The van der Waals surface area contributed by atoms with Gasteiger partial charge in [-0.1, -0.05) is 24.3 Å². The molecule has 0 aliphatic heterocycles. The fourth-order valence-electron chi connectivity index (χ4n) is 2.09. The van der Waals surface area contributed by atoms with E-state index in [1.807, 2.05) is 24.3 Å². The molecule has 1 aliphatic carbocycles. The van der Waals surface area contributed by atoms with Crippen LogP contribution in [0.2, 0.25) is 0 Å².